The molecule has 0 radical (unpaired) electrons. The molecule has 1 heterocycles. The second-order valence-electron chi connectivity index (χ2n) is 4.89. The lowest BCUT2D eigenvalue weighted by atomic mass is 10.0. The Labute approximate surface area is 129 Å². The lowest BCUT2D eigenvalue weighted by Gasteiger charge is -2.15. The molecule has 6 heteroatoms. The van der Waals surface area contributed by atoms with Crippen molar-refractivity contribution in [1.29, 1.82) is 0 Å². The predicted molar refractivity (Wildman–Crippen MR) is 78.8 cm³/mol. The molecule has 0 unspecified atom stereocenters. The fraction of sp³-hybridized carbons (Fsp3) is 0.375. The molecular weight excluding hydrogens is 286 g/mol. The van der Waals surface area contributed by atoms with Gasteiger partial charge in [-0.1, -0.05) is 37.3 Å². The Hall–Kier alpha value is -2.50. The van der Waals surface area contributed by atoms with Crippen LogP contribution in [0, 0.1) is 0 Å². The van der Waals surface area contributed by atoms with Gasteiger partial charge in [-0.2, -0.15) is 0 Å². The van der Waals surface area contributed by atoms with Crippen molar-refractivity contribution in [2.45, 2.75) is 12.8 Å². The molecule has 2 rings (SSSR count). The maximum atomic E-state index is 11.7. The zero-order valence-electron chi connectivity index (χ0n) is 12.4. The van der Waals surface area contributed by atoms with Gasteiger partial charge in [-0.15, -0.1) is 0 Å². The highest BCUT2D eigenvalue weighted by molar-refractivity contribution is 5.88. The summed E-state index contributed by atoms with van der Waals surface area (Å²) in [4.78, 5) is 23.3. The third kappa shape index (κ3) is 4.80. The van der Waals surface area contributed by atoms with Gasteiger partial charge in [0.15, 0.2) is 6.61 Å². The number of rotatable bonds is 6. The van der Waals surface area contributed by atoms with E-state index in [1.165, 1.54) is 6.26 Å². The van der Waals surface area contributed by atoms with Crippen molar-refractivity contribution in [2.75, 3.05) is 26.4 Å². The Morgan fingerprint density at radius 1 is 1.27 bits per heavy atom. The maximum Gasteiger partial charge on any atom is 0.377 e. The summed E-state index contributed by atoms with van der Waals surface area (Å²) in [6, 6.07) is 9.86. The van der Waals surface area contributed by atoms with Crippen LogP contribution in [0.4, 0.5) is 0 Å². The van der Waals surface area contributed by atoms with Crippen molar-refractivity contribution in [1.82, 2.24) is 5.32 Å². The first-order valence-electron chi connectivity index (χ1n) is 7.10. The summed E-state index contributed by atoms with van der Waals surface area (Å²) < 4.78 is 14.9. The molecule has 1 atom stereocenters. The van der Waals surface area contributed by atoms with E-state index in [1.54, 1.807) is 0 Å². The molecule has 0 aliphatic carbocycles. The van der Waals surface area contributed by atoms with E-state index >= 15 is 0 Å². The van der Waals surface area contributed by atoms with E-state index in [2.05, 4.69) is 5.32 Å². The highest BCUT2D eigenvalue weighted by Gasteiger charge is 2.18. The van der Waals surface area contributed by atoms with Crippen molar-refractivity contribution < 1.29 is 23.8 Å². The van der Waals surface area contributed by atoms with Crippen LogP contribution in [0.3, 0.4) is 0 Å². The average molecular weight is 305 g/mol. The normalized spacial score (nSPS) is 14.9. The monoisotopic (exact) mass is 305 g/mol. The molecule has 0 saturated heterocycles. The van der Waals surface area contributed by atoms with Gasteiger partial charge in [0.25, 0.3) is 5.91 Å². The molecule has 0 saturated carbocycles. The highest BCUT2D eigenvalue weighted by Crippen LogP contribution is 2.12. The van der Waals surface area contributed by atoms with Gasteiger partial charge in [-0.05, 0) is 11.5 Å². The first-order valence-corrected chi connectivity index (χ1v) is 7.10. The summed E-state index contributed by atoms with van der Waals surface area (Å²) in [6.07, 6.45) is 1.20. The van der Waals surface area contributed by atoms with E-state index in [1.807, 2.05) is 37.3 Å². The standard InChI is InChI=1S/C16H19NO5/c1-12(13-5-3-2-4-6-13)9-17-15(18)11-22-16(19)14-10-20-7-8-21-14/h2-6,10,12H,7-9,11H2,1H3,(H,17,18)/t12-/m0/s1. The Kier molecular flexibility index (Phi) is 5.82. The molecule has 1 N–H and O–H groups in total. The quantitative estimate of drug-likeness (QED) is 0.803. The van der Waals surface area contributed by atoms with Crippen LogP contribution in [-0.4, -0.2) is 38.2 Å². The van der Waals surface area contributed by atoms with Crippen LogP contribution in [0.15, 0.2) is 42.4 Å². The number of benzene rings is 1. The molecule has 6 nitrogen and oxygen atoms in total. The Bertz CT molecular complexity index is 541. The average Bonchev–Trinajstić information content (AvgIpc) is 2.59. The van der Waals surface area contributed by atoms with Gasteiger partial charge in [-0.25, -0.2) is 4.79 Å². The number of hydrogen-bond acceptors (Lipinski definition) is 5. The molecule has 1 aromatic rings. The van der Waals surface area contributed by atoms with Gasteiger partial charge in [0.2, 0.25) is 5.76 Å². The van der Waals surface area contributed by atoms with Crippen molar-refractivity contribution in [2.24, 2.45) is 0 Å². The Morgan fingerprint density at radius 2 is 2.05 bits per heavy atom. The zero-order valence-corrected chi connectivity index (χ0v) is 12.4. The van der Waals surface area contributed by atoms with Gasteiger partial charge in [0.1, 0.15) is 19.5 Å². The number of hydrogen-bond donors (Lipinski definition) is 1. The van der Waals surface area contributed by atoms with Crippen LogP contribution in [0.5, 0.6) is 0 Å². The molecule has 1 aliphatic heterocycles. The highest BCUT2D eigenvalue weighted by atomic mass is 16.6. The minimum Gasteiger partial charge on any atom is -0.493 e. The van der Waals surface area contributed by atoms with Crippen LogP contribution in [0.2, 0.25) is 0 Å². The van der Waals surface area contributed by atoms with Crippen molar-refractivity contribution in [3.8, 4) is 0 Å². The smallest absolute Gasteiger partial charge is 0.377 e. The van der Waals surface area contributed by atoms with E-state index in [9.17, 15) is 9.59 Å². The zero-order chi connectivity index (χ0) is 15.8. The SMILES string of the molecule is C[C@@H](CNC(=O)COC(=O)C1=COCCO1)c1ccccc1. The first kappa shape index (κ1) is 15.9. The Balaban J connectivity index is 1.69. The topological polar surface area (TPSA) is 73.9 Å². The third-order valence-corrected chi connectivity index (χ3v) is 3.16. The van der Waals surface area contributed by atoms with E-state index in [0.717, 1.165) is 5.56 Å². The largest absolute Gasteiger partial charge is 0.493 e. The molecule has 22 heavy (non-hydrogen) atoms. The van der Waals surface area contributed by atoms with Crippen LogP contribution in [-0.2, 0) is 23.8 Å². The maximum absolute atomic E-state index is 11.7. The van der Waals surface area contributed by atoms with Crippen LogP contribution < -0.4 is 5.32 Å². The van der Waals surface area contributed by atoms with E-state index in [0.29, 0.717) is 19.8 Å². The lowest BCUT2D eigenvalue weighted by molar-refractivity contribution is -0.149. The summed E-state index contributed by atoms with van der Waals surface area (Å²) in [5.41, 5.74) is 1.14. The molecule has 1 aromatic carbocycles. The summed E-state index contributed by atoms with van der Waals surface area (Å²) in [5.74, 6) is -0.894. The number of nitrogens with one attached hydrogen (secondary N) is 1. The minimum atomic E-state index is -0.703. The van der Waals surface area contributed by atoms with E-state index in [-0.39, 0.29) is 24.2 Å². The molecule has 0 spiro atoms. The summed E-state index contributed by atoms with van der Waals surface area (Å²) >= 11 is 0. The number of carbonyl (C=O) groups excluding carboxylic acids is 2. The fourth-order valence-corrected chi connectivity index (χ4v) is 1.90. The second kappa shape index (κ2) is 8.07. The molecule has 118 valence electrons. The van der Waals surface area contributed by atoms with Gasteiger partial charge < -0.3 is 19.5 Å². The predicted octanol–water partition coefficient (Wildman–Crippen LogP) is 1.34. The molecule has 0 bridgehead atoms. The first-order chi connectivity index (χ1) is 10.7. The van der Waals surface area contributed by atoms with Crippen molar-refractivity contribution in [3.05, 3.63) is 47.9 Å². The van der Waals surface area contributed by atoms with Crippen LogP contribution in [0.25, 0.3) is 0 Å². The van der Waals surface area contributed by atoms with Gasteiger partial charge in [0, 0.05) is 6.54 Å². The molecule has 0 aromatic heterocycles. The second-order valence-corrected chi connectivity index (χ2v) is 4.89. The van der Waals surface area contributed by atoms with Crippen LogP contribution in [0.1, 0.15) is 18.4 Å². The summed E-state index contributed by atoms with van der Waals surface area (Å²) in [6.45, 7) is 2.83. The molecule has 1 aliphatic rings. The van der Waals surface area contributed by atoms with Gasteiger partial charge >= 0.3 is 5.97 Å². The van der Waals surface area contributed by atoms with E-state index < -0.39 is 5.97 Å². The van der Waals surface area contributed by atoms with Crippen molar-refractivity contribution >= 4 is 11.9 Å². The summed E-state index contributed by atoms with van der Waals surface area (Å²) in [7, 11) is 0. The third-order valence-electron chi connectivity index (χ3n) is 3.16. The number of ether oxygens (including phenoxy) is 3. The number of amides is 1. The van der Waals surface area contributed by atoms with E-state index in [4.69, 9.17) is 14.2 Å². The number of esters is 1. The molecule has 1 amide bonds. The molecular formula is C16H19NO5. The van der Waals surface area contributed by atoms with Gasteiger partial charge in [-0.3, -0.25) is 4.79 Å². The Morgan fingerprint density at radius 3 is 2.73 bits per heavy atom. The fourth-order valence-electron chi connectivity index (χ4n) is 1.90. The number of carbonyl (C=O) groups is 2. The summed E-state index contributed by atoms with van der Waals surface area (Å²) in [5, 5.41) is 2.73. The van der Waals surface area contributed by atoms with Crippen molar-refractivity contribution in [3.63, 3.8) is 0 Å². The van der Waals surface area contributed by atoms with Gasteiger partial charge in [0.05, 0.1) is 0 Å². The minimum absolute atomic E-state index is 0.0169. The van der Waals surface area contributed by atoms with Crippen LogP contribution >= 0.6 is 0 Å². The molecule has 0 fully saturated rings. The lowest BCUT2D eigenvalue weighted by Crippen LogP contribution is -2.32.